The van der Waals surface area contributed by atoms with E-state index in [2.05, 4.69) is 31.1 Å². The van der Waals surface area contributed by atoms with Crippen LogP contribution < -0.4 is 11.1 Å². The molecule has 1 aromatic heterocycles. The second-order valence-corrected chi connectivity index (χ2v) is 4.11. The van der Waals surface area contributed by atoms with E-state index < -0.39 is 0 Å². The predicted octanol–water partition coefficient (Wildman–Crippen LogP) is 1.75. The van der Waals surface area contributed by atoms with Crippen molar-refractivity contribution >= 4 is 5.69 Å². The Morgan fingerprint density at radius 3 is 2.69 bits per heavy atom. The molecule has 0 bridgehead atoms. The minimum Gasteiger partial charge on any atom is -0.380 e. The standard InChI is InChI=1S/C10H17N3/c1-10(2,3)13-8-4-5-12-9(6-8)7-11/h4-6H,7,11H2,1-3H3,(H,12,13). The first-order valence-electron chi connectivity index (χ1n) is 4.44. The molecule has 3 N–H and O–H groups in total. The fourth-order valence-corrected chi connectivity index (χ4v) is 1.10. The number of nitrogens with zero attached hydrogens (tertiary/aromatic N) is 1. The molecule has 0 aromatic carbocycles. The van der Waals surface area contributed by atoms with Crippen LogP contribution in [0.1, 0.15) is 26.5 Å². The molecule has 0 aliphatic rings. The van der Waals surface area contributed by atoms with Crippen LogP contribution in [0.25, 0.3) is 0 Å². The number of hydrogen-bond donors (Lipinski definition) is 2. The summed E-state index contributed by atoms with van der Waals surface area (Å²) in [4.78, 5) is 4.12. The molecule has 0 atom stereocenters. The summed E-state index contributed by atoms with van der Waals surface area (Å²) in [5, 5.41) is 3.36. The van der Waals surface area contributed by atoms with Crippen molar-refractivity contribution in [2.24, 2.45) is 5.73 Å². The summed E-state index contributed by atoms with van der Waals surface area (Å²) in [7, 11) is 0. The molecule has 0 aliphatic heterocycles. The maximum Gasteiger partial charge on any atom is 0.0559 e. The average Bonchev–Trinajstić information content (AvgIpc) is 2.01. The van der Waals surface area contributed by atoms with E-state index in [1.165, 1.54) is 0 Å². The van der Waals surface area contributed by atoms with Crippen molar-refractivity contribution in [2.75, 3.05) is 5.32 Å². The van der Waals surface area contributed by atoms with Crippen LogP contribution in [0.2, 0.25) is 0 Å². The predicted molar refractivity (Wildman–Crippen MR) is 55.5 cm³/mol. The Kier molecular flexibility index (Phi) is 2.88. The van der Waals surface area contributed by atoms with Gasteiger partial charge in [0.05, 0.1) is 5.69 Å². The van der Waals surface area contributed by atoms with E-state index in [1.54, 1.807) is 6.20 Å². The molecule has 1 rings (SSSR count). The third-order valence-corrected chi connectivity index (χ3v) is 1.55. The van der Waals surface area contributed by atoms with Crippen LogP contribution >= 0.6 is 0 Å². The van der Waals surface area contributed by atoms with Gasteiger partial charge >= 0.3 is 0 Å². The van der Waals surface area contributed by atoms with Gasteiger partial charge in [-0.2, -0.15) is 0 Å². The van der Waals surface area contributed by atoms with E-state index in [1.807, 2.05) is 12.1 Å². The smallest absolute Gasteiger partial charge is 0.0559 e. The first kappa shape index (κ1) is 9.99. The Balaban J connectivity index is 2.78. The van der Waals surface area contributed by atoms with E-state index in [9.17, 15) is 0 Å². The Bertz CT molecular complexity index is 276. The van der Waals surface area contributed by atoms with Crippen LogP contribution in [0.4, 0.5) is 5.69 Å². The van der Waals surface area contributed by atoms with E-state index >= 15 is 0 Å². The van der Waals surface area contributed by atoms with Crippen LogP contribution in [0.15, 0.2) is 18.3 Å². The third-order valence-electron chi connectivity index (χ3n) is 1.55. The maximum atomic E-state index is 5.49. The molecule has 0 radical (unpaired) electrons. The summed E-state index contributed by atoms with van der Waals surface area (Å²) in [5.41, 5.74) is 7.55. The van der Waals surface area contributed by atoms with Gasteiger partial charge in [0.15, 0.2) is 0 Å². The van der Waals surface area contributed by atoms with Crippen LogP contribution in [-0.2, 0) is 6.54 Å². The molecule has 0 spiro atoms. The summed E-state index contributed by atoms with van der Waals surface area (Å²) in [5.74, 6) is 0. The molecule has 13 heavy (non-hydrogen) atoms. The van der Waals surface area contributed by atoms with Gasteiger partial charge in [-0.15, -0.1) is 0 Å². The summed E-state index contributed by atoms with van der Waals surface area (Å²) in [6, 6.07) is 3.93. The highest BCUT2D eigenvalue weighted by atomic mass is 15.0. The highest BCUT2D eigenvalue weighted by Crippen LogP contribution is 2.14. The largest absolute Gasteiger partial charge is 0.380 e. The highest BCUT2D eigenvalue weighted by molar-refractivity contribution is 5.45. The third kappa shape index (κ3) is 3.42. The molecule has 1 aromatic rings. The fraction of sp³-hybridized carbons (Fsp3) is 0.500. The Labute approximate surface area is 79.4 Å². The van der Waals surface area contributed by atoms with Crippen molar-refractivity contribution in [1.29, 1.82) is 0 Å². The van der Waals surface area contributed by atoms with Crippen molar-refractivity contribution in [3.63, 3.8) is 0 Å². The molecule has 72 valence electrons. The zero-order chi connectivity index (χ0) is 9.90. The van der Waals surface area contributed by atoms with E-state index in [4.69, 9.17) is 5.73 Å². The van der Waals surface area contributed by atoms with E-state index in [-0.39, 0.29) is 5.54 Å². The Hall–Kier alpha value is -1.09. The lowest BCUT2D eigenvalue weighted by molar-refractivity contribution is 0.633. The number of anilines is 1. The van der Waals surface area contributed by atoms with Gasteiger partial charge in [0.25, 0.3) is 0 Å². The molecule has 0 saturated heterocycles. The Morgan fingerprint density at radius 1 is 1.46 bits per heavy atom. The molecule has 0 aliphatic carbocycles. The average molecular weight is 179 g/mol. The van der Waals surface area contributed by atoms with Gasteiger partial charge < -0.3 is 11.1 Å². The molecular formula is C10H17N3. The number of pyridine rings is 1. The molecular weight excluding hydrogens is 162 g/mol. The number of nitrogens with one attached hydrogen (secondary N) is 1. The lowest BCUT2D eigenvalue weighted by Gasteiger charge is -2.22. The molecule has 0 amide bonds. The van der Waals surface area contributed by atoms with Gasteiger partial charge in [0.2, 0.25) is 0 Å². The van der Waals surface area contributed by atoms with Crippen LogP contribution in [0.3, 0.4) is 0 Å². The SMILES string of the molecule is CC(C)(C)Nc1ccnc(CN)c1. The fourth-order valence-electron chi connectivity index (χ4n) is 1.10. The number of nitrogens with two attached hydrogens (primary N) is 1. The zero-order valence-corrected chi connectivity index (χ0v) is 8.46. The molecule has 1 heterocycles. The first-order chi connectivity index (χ1) is 6.01. The zero-order valence-electron chi connectivity index (χ0n) is 8.46. The van der Waals surface area contributed by atoms with Crippen molar-refractivity contribution in [3.05, 3.63) is 24.0 Å². The summed E-state index contributed by atoms with van der Waals surface area (Å²) in [6.45, 7) is 6.85. The summed E-state index contributed by atoms with van der Waals surface area (Å²) >= 11 is 0. The normalized spacial score (nSPS) is 11.4. The van der Waals surface area contributed by atoms with Crippen LogP contribution in [0.5, 0.6) is 0 Å². The van der Waals surface area contributed by atoms with Crippen molar-refractivity contribution in [2.45, 2.75) is 32.9 Å². The molecule has 0 fully saturated rings. The Morgan fingerprint density at radius 2 is 2.15 bits per heavy atom. The van der Waals surface area contributed by atoms with E-state index in [0.29, 0.717) is 6.54 Å². The second-order valence-electron chi connectivity index (χ2n) is 4.11. The van der Waals surface area contributed by atoms with E-state index in [0.717, 1.165) is 11.4 Å². The molecule has 3 nitrogen and oxygen atoms in total. The maximum absolute atomic E-state index is 5.49. The quantitative estimate of drug-likeness (QED) is 0.727. The molecule has 0 saturated carbocycles. The van der Waals surface area contributed by atoms with Gasteiger partial charge in [0.1, 0.15) is 0 Å². The second kappa shape index (κ2) is 3.75. The number of rotatable bonds is 2. The topological polar surface area (TPSA) is 50.9 Å². The van der Waals surface area contributed by atoms with Gasteiger partial charge in [-0.25, -0.2) is 0 Å². The van der Waals surface area contributed by atoms with Gasteiger partial charge in [-0.3, -0.25) is 4.98 Å². The summed E-state index contributed by atoms with van der Waals surface area (Å²) < 4.78 is 0. The summed E-state index contributed by atoms with van der Waals surface area (Å²) in [6.07, 6.45) is 1.77. The van der Waals surface area contributed by atoms with Gasteiger partial charge in [-0.05, 0) is 32.9 Å². The van der Waals surface area contributed by atoms with Crippen molar-refractivity contribution in [1.82, 2.24) is 4.98 Å². The van der Waals surface area contributed by atoms with Gasteiger partial charge in [0, 0.05) is 24.0 Å². The molecule has 0 unspecified atom stereocenters. The first-order valence-corrected chi connectivity index (χ1v) is 4.44. The highest BCUT2D eigenvalue weighted by Gasteiger charge is 2.08. The lowest BCUT2D eigenvalue weighted by Crippen LogP contribution is -2.26. The minimum atomic E-state index is 0.0766. The minimum absolute atomic E-state index is 0.0766. The molecule has 3 heteroatoms. The lowest BCUT2D eigenvalue weighted by atomic mass is 10.1. The monoisotopic (exact) mass is 179 g/mol. The van der Waals surface area contributed by atoms with Crippen molar-refractivity contribution in [3.8, 4) is 0 Å². The van der Waals surface area contributed by atoms with Crippen molar-refractivity contribution < 1.29 is 0 Å². The van der Waals surface area contributed by atoms with Gasteiger partial charge in [-0.1, -0.05) is 0 Å². The number of aromatic nitrogens is 1. The van der Waals surface area contributed by atoms with Crippen LogP contribution in [0, 0.1) is 0 Å². The van der Waals surface area contributed by atoms with Crippen LogP contribution in [-0.4, -0.2) is 10.5 Å². The number of hydrogen-bond acceptors (Lipinski definition) is 3.